The van der Waals surface area contributed by atoms with E-state index in [-0.39, 0.29) is 20.5 Å². The lowest BCUT2D eigenvalue weighted by Gasteiger charge is -2.14. The summed E-state index contributed by atoms with van der Waals surface area (Å²) in [6.07, 6.45) is 1.33. The predicted octanol–water partition coefficient (Wildman–Crippen LogP) is 0.546. The third kappa shape index (κ3) is 3.26. The van der Waals surface area contributed by atoms with E-state index in [1.165, 1.54) is 24.3 Å². The molecule has 0 bridgehead atoms. The van der Waals surface area contributed by atoms with Crippen molar-refractivity contribution in [2.45, 2.75) is 0 Å². The number of nitrogens with zero attached hydrogens (tertiary/aromatic N) is 2. The summed E-state index contributed by atoms with van der Waals surface area (Å²) in [6, 6.07) is 5.91. The molecule has 0 atom stereocenters. The second-order valence-corrected chi connectivity index (χ2v) is 5.63. The predicted molar refractivity (Wildman–Crippen MR) is 78.0 cm³/mol. The number of aliphatic carboxylic acids is 1. The Hall–Kier alpha value is -2.26. The number of carboxylic acid groups (broad SMARTS) is 1. The number of carbonyl (C=O) groups is 2. The number of thiocarbonyl (C=S) groups is 1. The highest BCUT2D eigenvalue weighted by Gasteiger charge is 2.32. The zero-order valence-electron chi connectivity index (χ0n) is 10.3. The van der Waals surface area contributed by atoms with Gasteiger partial charge in [-0.25, -0.2) is 0 Å². The van der Waals surface area contributed by atoms with Crippen LogP contribution in [0.4, 0.5) is 5.69 Å². The number of carbonyl (C=O) groups excluding carboxylic acids is 2. The third-order valence-electron chi connectivity index (χ3n) is 2.58. The van der Waals surface area contributed by atoms with E-state index in [2.05, 4.69) is 0 Å². The Bertz CT molecular complexity index is 686. The number of benzene rings is 1. The van der Waals surface area contributed by atoms with Gasteiger partial charge in [0.2, 0.25) is 0 Å². The Morgan fingerprint density at radius 1 is 1.43 bits per heavy atom. The van der Waals surface area contributed by atoms with Crippen LogP contribution < -0.4 is 5.11 Å². The molecule has 0 saturated carbocycles. The van der Waals surface area contributed by atoms with E-state index in [1.54, 1.807) is 6.07 Å². The van der Waals surface area contributed by atoms with Gasteiger partial charge in [-0.2, -0.15) is 0 Å². The number of para-hydroxylation sites is 1. The van der Waals surface area contributed by atoms with E-state index in [9.17, 15) is 24.8 Å². The molecule has 1 saturated heterocycles. The first-order valence-corrected chi connectivity index (χ1v) is 6.81. The van der Waals surface area contributed by atoms with Crippen LogP contribution in [-0.2, 0) is 9.59 Å². The number of thioether (sulfide) groups is 1. The third-order valence-corrected chi connectivity index (χ3v) is 3.96. The Kier molecular flexibility index (Phi) is 4.34. The molecule has 1 fully saturated rings. The quantitative estimate of drug-likeness (QED) is 0.345. The van der Waals surface area contributed by atoms with E-state index in [1.807, 2.05) is 0 Å². The number of nitro benzene ring substituents is 1. The monoisotopic (exact) mass is 323 g/mol. The maximum absolute atomic E-state index is 12.0. The van der Waals surface area contributed by atoms with Crippen molar-refractivity contribution >= 4 is 51.9 Å². The van der Waals surface area contributed by atoms with Crippen LogP contribution in [0, 0.1) is 10.1 Å². The second-order valence-electron chi connectivity index (χ2n) is 3.96. The summed E-state index contributed by atoms with van der Waals surface area (Å²) in [6.45, 7) is -0.640. The number of carboxylic acids is 1. The molecule has 0 N–H and O–H groups in total. The largest absolute Gasteiger partial charge is 0.548 e. The molecule has 7 nitrogen and oxygen atoms in total. The maximum atomic E-state index is 12.0. The average Bonchev–Trinajstić information content (AvgIpc) is 2.66. The molecule has 1 aliphatic heterocycles. The molecule has 0 aliphatic carbocycles. The van der Waals surface area contributed by atoms with Gasteiger partial charge in [0.15, 0.2) is 0 Å². The minimum Gasteiger partial charge on any atom is -0.548 e. The van der Waals surface area contributed by atoms with E-state index in [0.29, 0.717) is 0 Å². The molecule has 1 heterocycles. The Labute approximate surface area is 128 Å². The standard InChI is InChI=1S/C12H8N2O5S2/c15-10(16)6-13-11(17)9(21-12(13)20)5-7-3-1-2-4-8(7)14(18)19/h1-5H,6H2,(H,15,16)/p-1. The van der Waals surface area contributed by atoms with Gasteiger partial charge in [0, 0.05) is 6.07 Å². The van der Waals surface area contributed by atoms with Gasteiger partial charge in [-0.15, -0.1) is 0 Å². The Balaban J connectivity index is 2.35. The SMILES string of the molecule is O=C([O-])CN1C(=O)C(=Cc2ccccc2[N+](=O)[O-])SC1=S. The lowest BCUT2D eigenvalue weighted by molar-refractivity contribution is -0.385. The molecule has 1 aliphatic rings. The molecule has 0 aromatic heterocycles. The summed E-state index contributed by atoms with van der Waals surface area (Å²) in [7, 11) is 0. The molecule has 21 heavy (non-hydrogen) atoms. The van der Waals surface area contributed by atoms with E-state index >= 15 is 0 Å². The zero-order valence-corrected chi connectivity index (χ0v) is 12.0. The van der Waals surface area contributed by atoms with Crippen LogP contribution >= 0.6 is 24.0 Å². The lowest BCUT2D eigenvalue weighted by Crippen LogP contribution is -2.40. The van der Waals surface area contributed by atoms with Crippen molar-refractivity contribution in [2.75, 3.05) is 6.54 Å². The number of hydrogen-bond donors (Lipinski definition) is 0. The molecular formula is C12H7N2O5S2-. The summed E-state index contributed by atoms with van der Waals surface area (Å²) in [5, 5.41) is 21.5. The fraction of sp³-hybridized carbons (Fsp3) is 0.0833. The fourth-order valence-corrected chi connectivity index (χ4v) is 2.93. The van der Waals surface area contributed by atoms with Crippen LogP contribution in [0.1, 0.15) is 5.56 Å². The first kappa shape index (κ1) is 15.1. The molecule has 1 amide bonds. The molecule has 9 heteroatoms. The van der Waals surface area contributed by atoms with Crippen LogP contribution in [0.15, 0.2) is 29.2 Å². The van der Waals surface area contributed by atoms with E-state index < -0.39 is 23.3 Å². The smallest absolute Gasteiger partial charge is 0.276 e. The first-order valence-electron chi connectivity index (χ1n) is 5.59. The Morgan fingerprint density at radius 3 is 2.71 bits per heavy atom. The summed E-state index contributed by atoms with van der Waals surface area (Å²) < 4.78 is 0.0778. The molecule has 2 rings (SSSR count). The Morgan fingerprint density at radius 2 is 2.10 bits per heavy atom. The molecular weight excluding hydrogens is 316 g/mol. The average molecular weight is 323 g/mol. The number of rotatable bonds is 4. The van der Waals surface area contributed by atoms with Gasteiger partial charge >= 0.3 is 0 Å². The molecule has 1 aromatic rings. The van der Waals surface area contributed by atoms with Gasteiger partial charge in [0.1, 0.15) is 4.32 Å². The van der Waals surface area contributed by atoms with Gasteiger partial charge < -0.3 is 9.90 Å². The molecule has 0 spiro atoms. The van der Waals surface area contributed by atoms with Crippen LogP contribution in [0.5, 0.6) is 0 Å². The minimum absolute atomic E-state index is 0.0778. The zero-order chi connectivity index (χ0) is 15.6. The first-order chi connectivity index (χ1) is 9.90. The van der Waals surface area contributed by atoms with Crippen molar-refractivity contribution in [3.8, 4) is 0 Å². The minimum atomic E-state index is -1.43. The highest BCUT2D eigenvalue weighted by molar-refractivity contribution is 8.26. The van der Waals surface area contributed by atoms with Crippen LogP contribution in [0.2, 0.25) is 0 Å². The maximum Gasteiger partial charge on any atom is 0.276 e. The van der Waals surface area contributed by atoms with Crippen molar-refractivity contribution in [1.29, 1.82) is 0 Å². The van der Waals surface area contributed by atoms with E-state index in [0.717, 1.165) is 16.7 Å². The summed E-state index contributed by atoms with van der Waals surface area (Å²) in [5.74, 6) is -2.04. The van der Waals surface area contributed by atoms with Crippen LogP contribution in [0.3, 0.4) is 0 Å². The molecule has 0 radical (unpaired) electrons. The van der Waals surface area contributed by atoms with Crippen molar-refractivity contribution in [1.82, 2.24) is 4.90 Å². The van der Waals surface area contributed by atoms with Crippen molar-refractivity contribution in [2.24, 2.45) is 0 Å². The second kappa shape index (κ2) is 6.02. The summed E-state index contributed by atoms with van der Waals surface area (Å²) in [4.78, 5) is 34.0. The van der Waals surface area contributed by atoms with Gasteiger partial charge in [-0.1, -0.05) is 36.1 Å². The number of hydrogen-bond acceptors (Lipinski definition) is 7. The normalized spacial score (nSPS) is 16.6. The summed E-state index contributed by atoms with van der Waals surface area (Å²) >= 11 is 5.81. The van der Waals surface area contributed by atoms with Crippen molar-refractivity contribution in [3.63, 3.8) is 0 Å². The van der Waals surface area contributed by atoms with Gasteiger partial charge in [-0.3, -0.25) is 19.8 Å². The highest BCUT2D eigenvalue weighted by Crippen LogP contribution is 2.33. The van der Waals surface area contributed by atoms with Crippen LogP contribution in [-0.4, -0.2) is 32.6 Å². The molecule has 0 unspecified atom stereocenters. The highest BCUT2D eigenvalue weighted by atomic mass is 32.2. The van der Waals surface area contributed by atoms with E-state index in [4.69, 9.17) is 12.2 Å². The van der Waals surface area contributed by atoms with Gasteiger partial charge in [0.25, 0.3) is 11.6 Å². The number of nitro groups is 1. The van der Waals surface area contributed by atoms with Crippen LogP contribution in [0.25, 0.3) is 6.08 Å². The van der Waals surface area contributed by atoms with Crippen molar-refractivity contribution in [3.05, 3.63) is 44.8 Å². The van der Waals surface area contributed by atoms with Gasteiger partial charge in [-0.05, 0) is 12.1 Å². The lowest BCUT2D eigenvalue weighted by atomic mass is 10.1. The topological polar surface area (TPSA) is 104 Å². The van der Waals surface area contributed by atoms with Gasteiger partial charge in [0.05, 0.1) is 27.9 Å². The summed E-state index contributed by atoms with van der Waals surface area (Å²) in [5.41, 5.74) is 0.0964. The van der Waals surface area contributed by atoms with Crippen molar-refractivity contribution < 1.29 is 19.6 Å². The molecule has 1 aromatic carbocycles. The number of amides is 1. The fourth-order valence-electron chi connectivity index (χ4n) is 1.68. The molecule has 108 valence electrons.